The molecule has 0 bridgehead atoms. The van der Waals surface area contributed by atoms with Gasteiger partial charge in [-0.2, -0.15) is 0 Å². The van der Waals surface area contributed by atoms with Gasteiger partial charge in [0.25, 0.3) is 0 Å². The Morgan fingerprint density at radius 3 is 0.541 bits per heavy atom. The summed E-state index contributed by atoms with van der Waals surface area (Å²) in [5.41, 5.74) is 6.79. The van der Waals surface area contributed by atoms with E-state index in [2.05, 4.69) is 19.9 Å². The van der Waals surface area contributed by atoms with Crippen LogP contribution in [0.1, 0.15) is 22.8 Å². The minimum atomic E-state index is -1.75. The predicted molar refractivity (Wildman–Crippen MR) is 241 cm³/mol. The number of nitrogens with zero attached hydrogens (tertiary/aromatic N) is 6. The SMILES string of the molecule is Cc1ccc2cccc([O-])c2[nH+]1.Cc1ccc2cccc([O-])c2[nH+]1.Cc1ccc2cccc([O-])c2[nH+]1.Cc1ccc2cccc([O-])c2[nH+]1.O=[N+]([O-])[O-].O=[N+]([O-])[O-].O=[N+]([O-])[O-].O=[N+]([O-])[O-].O=[N+]([O-])[O-].O=[N+]([O-])[O-].[Tb+3].[Tb+3]. The summed E-state index contributed by atoms with van der Waals surface area (Å²) in [6.45, 7) is 7.75. The van der Waals surface area contributed by atoms with Crippen LogP contribution in [0.5, 0.6) is 23.0 Å². The number of fused-ring (bicyclic) bond motifs is 4. The van der Waals surface area contributed by atoms with Crippen molar-refractivity contribution in [2.24, 2.45) is 0 Å². The summed E-state index contributed by atoms with van der Waals surface area (Å²) in [5.74, 6) is 0.208. The molecule has 0 amide bonds. The van der Waals surface area contributed by atoms with E-state index in [1.54, 1.807) is 48.5 Å². The first-order chi connectivity index (χ1) is 33.5. The number of nitrogens with one attached hydrogen (secondary N) is 4. The van der Waals surface area contributed by atoms with Crippen molar-refractivity contribution in [1.82, 2.24) is 0 Å². The molecule has 4 aromatic carbocycles. The van der Waals surface area contributed by atoms with Crippen molar-refractivity contribution in [3.8, 4) is 23.0 Å². The van der Waals surface area contributed by atoms with Gasteiger partial charge in [-0.1, -0.05) is 48.5 Å². The van der Waals surface area contributed by atoms with Gasteiger partial charge in [-0.3, -0.25) is 0 Å². The number of H-pyrrole nitrogens is 4. The molecule has 396 valence electrons. The molecule has 0 aliphatic heterocycles. The number of aromatic nitrogens is 4. The number of hydrogen-bond donors (Lipinski definition) is 0. The first-order valence-electron chi connectivity index (χ1n) is 18.7. The molecule has 32 nitrogen and oxygen atoms in total. The Morgan fingerprint density at radius 2 is 0.405 bits per heavy atom. The van der Waals surface area contributed by atoms with E-state index in [-0.39, 0.29) is 100 Å². The molecule has 4 aromatic heterocycles. The Morgan fingerprint density at radius 1 is 0.270 bits per heavy atom. The van der Waals surface area contributed by atoms with Crippen LogP contribution in [0.3, 0.4) is 0 Å². The standard InChI is InChI=1S/4C10H9NO.6NO3.2Tb/c4*1-7-5-6-8-3-2-4-9(12)10(8)11-7;6*2-1(3)4;;/h4*2-6,12H,1H3;;;;;;;;/q;;;;6*-1;2*+3. The number of aryl methyl sites for hydroxylation is 4. The molecular weight excluding hydrogens is 1290 g/mol. The van der Waals surface area contributed by atoms with E-state index in [4.69, 9.17) is 91.9 Å². The Hall–Kier alpha value is -8.51. The molecule has 0 saturated heterocycles. The van der Waals surface area contributed by atoms with Crippen molar-refractivity contribution in [1.29, 1.82) is 0 Å². The van der Waals surface area contributed by atoms with Gasteiger partial charge in [0.15, 0.2) is 22.8 Å². The third-order valence-electron chi connectivity index (χ3n) is 7.57. The van der Waals surface area contributed by atoms with Gasteiger partial charge in [0, 0.05) is 73.5 Å². The van der Waals surface area contributed by atoms with Crippen LogP contribution in [0.4, 0.5) is 0 Å². The van der Waals surface area contributed by atoms with Gasteiger partial charge in [-0.25, -0.2) is 19.9 Å². The molecule has 0 atom stereocenters. The third-order valence-corrected chi connectivity index (χ3v) is 7.57. The first-order valence-corrected chi connectivity index (χ1v) is 18.7. The topological polar surface area (TPSA) is 546 Å². The molecule has 0 aliphatic rings. The number of para-hydroxylation sites is 4. The maximum absolute atomic E-state index is 11.3. The fourth-order valence-electron chi connectivity index (χ4n) is 5.10. The molecule has 0 fully saturated rings. The second-order valence-electron chi connectivity index (χ2n) is 12.8. The quantitative estimate of drug-likeness (QED) is 0.155. The summed E-state index contributed by atoms with van der Waals surface area (Å²) in [4.78, 5) is 61.7. The number of hydrogen-bond acceptors (Lipinski definition) is 22. The molecule has 74 heavy (non-hydrogen) atoms. The summed E-state index contributed by atoms with van der Waals surface area (Å²) in [6.07, 6.45) is 0. The van der Waals surface area contributed by atoms with Gasteiger partial charge in [0.05, 0.1) is 30.5 Å². The summed E-state index contributed by atoms with van der Waals surface area (Å²) < 4.78 is 0. The van der Waals surface area contributed by atoms with E-state index in [1.807, 2.05) is 100 Å². The van der Waals surface area contributed by atoms with E-state index in [0.717, 1.165) is 44.3 Å². The number of aromatic amines is 4. The zero-order chi connectivity index (χ0) is 55.7. The van der Waals surface area contributed by atoms with Crippen molar-refractivity contribution in [2.45, 2.75) is 27.7 Å². The molecule has 4 heterocycles. The molecule has 8 aromatic rings. The van der Waals surface area contributed by atoms with E-state index < -0.39 is 30.5 Å². The minimum Gasteiger partial charge on any atom is -0.868 e. The molecule has 8 rings (SSSR count). The van der Waals surface area contributed by atoms with Crippen molar-refractivity contribution < 1.29 is 148 Å². The number of benzene rings is 4. The van der Waals surface area contributed by atoms with Crippen LogP contribution in [-0.4, -0.2) is 30.5 Å². The van der Waals surface area contributed by atoms with Gasteiger partial charge < -0.3 is 112 Å². The monoisotopic (exact) mass is 1330 g/mol. The van der Waals surface area contributed by atoms with Crippen molar-refractivity contribution >= 4 is 43.6 Å². The van der Waals surface area contributed by atoms with Crippen LogP contribution in [0.15, 0.2) is 121 Å². The van der Waals surface area contributed by atoms with Gasteiger partial charge in [0.2, 0.25) is 22.1 Å². The zero-order valence-electron chi connectivity index (χ0n) is 37.9. The van der Waals surface area contributed by atoms with E-state index in [0.29, 0.717) is 22.1 Å². The Balaban J connectivity index is -0.000000384. The summed E-state index contributed by atoms with van der Waals surface area (Å²) in [6, 6.07) is 36.7. The third kappa shape index (κ3) is 35.6. The molecule has 0 radical (unpaired) electrons. The van der Waals surface area contributed by atoms with Crippen LogP contribution in [0.25, 0.3) is 43.6 Å². The normalized spacial score (nSPS) is 8.70. The second-order valence-corrected chi connectivity index (χ2v) is 12.8. The van der Waals surface area contributed by atoms with Crippen LogP contribution in [0.2, 0.25) is 0 Å². The molecule has 4 N–H and O–H groups in total. The van der Waals surface area contributed by atoms with Crippen molar-refractivity contribution in [3.63, 3.8) is 0 Å². The predicted octanol–water partition coefficient (Wildman–Crippen LogP) is 2.71. The van der Waals surface area contributed by atoms with Crippen molar-refractivity contribution in [2.75, 3.05) is 0 Å². The van der Waals surface area contributed by atoms with Crippen molar-refractivity contribution in [3.05, 3.63) is 236 Å². The smallest absolute Gasteiger partial charge is 0.868 e. The summed E-state index contributed by atoms with van der Waals surface area (Å²) in [7, 11) is 0. The maximum Gasteiger partial charge on any atom is 3.00 e. The van der Waals surface area contributed by atoms with Gasteiger partial charge in [0.1, 0.15) is 0 Å². The largest absolute Gasteiger partial charge is 3.00 e. The Kier molecular flexibility index (Phi) is 38.1. The fraction of sp³-hybridized carbons (Fsp3) is 0.100. The zero-order valence-corrected chi connectivity index (χ0v) is 42.2. The maximum atomic E-state index is 11.3. The van der Waals surface area contributed by atoms with Gasteiger partial charge in [-0.05, 0) is 71.5 Å². The first kappa shape index (κ1) is 72.0. The molecule has 34 heteroatoms. The van der Waals surface area contributed by atoms with E-state index in [9.17, 15) is 20.4 Å². The summed E-state index contributed by atoms with van der Waals surface area (Å²) >= 11 is 0. The Labute approximate surface area is 474 Å². The molecular formula is C40H36N10O22Tb2. The van der Waals surface area contributed by atoms with E-state index >= 15 is 0 Å². The molecule has 0 aliphatic carbocycles. The van der Waals surface area contributed by atoms with Crippen LogP contribution in [-0.2, 0) is 0 Å². The molecule has 0 spiro atoms. The number of rotatable bonds is 0. The average molecular weight is 1330 g/mol. The molecule has 0 unspecified atom stereocenters. The second kappa shape index (κ2) is 39.1. The average Bonchev–Trinajstić information content (AvgIpc) is 3.25. The number of pyridine rings is 4. The minimum absolute atomic E-state index is 0. The van der Waals surface area contributed by atoms with Crippen LogP contribution < -0.4 is 40.4 Å². The van der Waals surface area contributed by atoms with Crippen LogP contribution in [0, 0.1) is 197 Å². The fourth-order valence-corrected chi connectivity index (χ4v) is 5.10. The van der Waals surface area contributed by atoms with Gasteiger partial charge in [-0.15, -0.1) is 0 Å². The van der Waals surface area contributed by atoms with Crippen LogP contribution >= 0.6 is 0 Å². The Bertz CT molecular complexity index is 2600. The summed E-state index contributed by atoms with van der Waals surface area (Å²) in [5, 5.41) is 138. The van der Waals surface area contributed by atoms with Gasteiger partial charge >= 0.3 is 77.2 Å². The molecule has 0 saturated carbocycles. The van der Waals surface area contributed by atoms with E-state index in [1.165, 1.54) is 0 Å².